The molecular formula is C29H25N5O3S. The van der Waals surface area contributed by atoms with Crippen molar-refractivity contribution in [2.75, 3.05) is 11.1 Å². The first-order valence-corrected chi connectivity index (χ1v) is 13.0. The zero-order valence-corrected chi connectivity index (χ0v) is 21.7. The number of anilines is 1. The summed E-state index contributed by atoms with van der Waals surface area (Å²) >= 11 is 1.35. The molecule has 0 atom stereocenters. The van der Waals surface area contributed by atoms with Crippen LogP contribution in [0.1, 0.15) is 22.5 Å². The zero-order chi connectivity index (χ0) is 26.6. The number of nitrogens with one attached hydrogen (secondary N) is 1. The summed E-state index contributed by atoms with van der Waals surface area (Å²) in [4.78, 5) is 28.8. The zero-order valence-electron chi connectivity index (χ0n) is 20.9. The van der Waals surface area contributed by atoms with Crippen molar-refractivity contribution in [2.24, 2.45) is 0 Å². The van der Waals surface area contributed by atoms with Crippen molar-refractivity contribution in [3.8, 4) is 11.1 Å². The largest absolute Gasteiger partial charge is 0.320 e. The number of nitro benzene ring substituents is 1. The Bertz CT molecular complexity index is 1640. The number of benzene rings is 3. The molecule has 0 radical (unpaired) electrons. The van der Waals surface area contributed by atoms with Crippen LogP contribution in [0.25, 0.3) is 16.8 Å². The minimum absolute atomic E-state index is 0.0476. The fourth-order valence-electron chi connectivity index (χ4n) is 4.42. The number of carbonyl (C=O) groups excluding carboxylic acids is 1. The molecule has 0 bridgehead atoms. The molecular weight excluding hydrogens is 498 g/mol. The Morgan fingerprint density at radius 1 is 0.947 bits per heavy atom. The van der Waals surface area contributed by atoms with Crippen molar-refractivity contribution in [1.82, 2.24) is 14.6 Å². The lowest BCUT2D eigenvalue weighted by atomic mass is 10.0. The lowest BCUT2D eigenvalue weighted by Crippen LogP contribution is -2.16. The molecule has 190 valence electrons. The van der Waals surface area contributed by atoms with Gasteiger partial charge in [-0.1, -0.05) is 84.6 Å². The van der Waals surface area contributed by atoms with Crippen LogP contribution in [0.4, 0.5) is 11.4 Å². The highest BCUT2D eigenvalue weighted by atomic mass is 32.2. The number of hydrogen-bond acceptors (Lipinski definition) is 6. The molecule has 0 aliphatic carbocycles. The van der Waals surface area contributed by atoms with Crippen molar-refractivity contribution in [3.63, 3.8) is 0 Å². The van der Waals surface area contributed by atoms with Gasteiger partial charge in [-0.2, -0.15) is 5.10 Å². The molecule has 9 heteroatoms. The minimum atomic E-state index is -0.506. The number of nitro groups is 1. The van der Waals surface area contributed by atoms with Crippen molar-refractivity contribution in [1.29, 1.82) is 0 Å². The molecule has 2 heterocycles. The molecule has 0 saturated carbocycles. The summed E-state index contributed by atoms with van der Waals surface area (Å²) in [5.41, 5.74) is 6.53. The summed E-state index contributed by atoms with van der Waals surface area (Å²) in [6.07, 6.45) is 0.628. The molecule has 0 aliphatic rings. The predicted molar refractivity (Wildman–Crippen MR) is 150 cm³/mol. The Morgan fingerprint density at radius 3 is 2.32 bits per heavy atom. The molecule has 0 aliphatic heterocycles. The third-order valence-corrected chi connectivity index (χ3v) is 7.30. The number of aryl methyl sites for hydroxylation is 2. The Balaban J connectivity index is 1.54. The molecule has 8 nitrogen and oxygen atoms in total. The first kappa shape index (κ1) is 25.2. The fraction of sp³-hybridized carbons (Fsp3) is 0.138. The smallest absolute Gasteiger partial charge is 0.292 e. The van der Waals surface area contributed by atoms with Gasteiger partial charge < -0.3 is 5.32 Å². The van der Waals surface area contributed by atoms with Gasteiger partial charge in [0.15, 0.2) is 5.65 Å². The third kappa shape index (κ3) is 5.14. The molecule has 3 aromatic carbocycles. The molecule has 0 unspecified atom stereocenters. The number of amides is 1. The van der Waals surface area contributed by atoms with Gasteiger partial charge in [-0.3, -0.25) is 14.9 Å². The minimum Gasteiger partial charge on any atom is -0.320 e. The summed E-state index contributed by atoms with van der Waals surface area (Å²) in [6, 6.07) is 26.2. The van der Waals surface area contributed by atoms with Crippen molar-refractivity contribution in [3.05, 3.63) is 118 Å². The maximum Gasteiger partial charge on any atom is 0.292 e. The second-order valence-electron chi connectivity index (χ2n) is 8.82. The first-order chi connectivity index (χ1) is 18.4. The Labute approximate surface area is 223 Å². The summed E-state index contributed by atoms with van der Waals surface area (Å²) < 4.78 is 1.83. The topological polar surface area (TPSA) is 102 Å². The highest BCUT2D eigenvalue weighted by Gasteiger charge is 2.22. The Kier molecular flexibility index (Phi) is 7.19. The second-order valence-corrected chi connectivity index (χ2v) is 9.78. The van der Waals surface area contributed by atoms with Gasteiger partial charge in [-0.05, 0) is 31.0 Å². The van der Waals surface area contributed by atoms with Gasteiger partial charge in [0.2, 0.25) is 5.91 Å². The number of fused-ring (bicyclic) bond motifs is 1. The number of aromatic nitrogens is 3. The van der Waals surface area contributed by atoms with E-state index in [-0.39, 0.29) is 23.0 Å². The molecule has 38 heavy (non-hydrogen) atoms. The molecule has 1 N–H and O–H groups in total. The Hall–Kier alpha value is -4.50. The van der Waals surface area contributed by atoms with Gasteiger partial charge in [0.25, 0.3) is 5.69 Å². The van der Waals surface area contributed by atoms with E-state index in [1.54, 1.807) is 12.1 Å². The van der Waals surface area contributed by atoms with Crippen LogP contribution < -0.4 is 5.32 Å². The normalized spacial score (nSPS) is 11.0. The number of thioether (sulfide) groups is 1. The lowest BCUT2D eigenvalue weighted by molar-refractivity contribution is -0.383. The standard InChI is InChI=1S/C29H25N5O3S/c1-19-23(17-21-11-5-3-6-12-21)29(38-18-26(35)31-24-15-9-10-16-25(24)34(36)37)33-28(30-19)27(20(2)32-33)22-13-7-4-8-14-22/h3-16H,17-18H2,1-2H3,(H,31,35). The fourth-order valence-corrected chi connectivity index (χ4v) is 5.41. The molecule has 0 fully saturated rings. The molecule has 5 rings (SSSR count). The van der Waals surface area contributed by atoms with Gasteiger partial charge in [-0.25, -0.2) is 9.50 Å². The van der Waals surface area contributed by atoms with Crippen LogP contribution >= 0.6 is 11.8 Å². The first-order valence-electron chi connectivity index (χ1n) is 12.1. The lowest BCUT2D eigenvalue weighted by Gasteiger charge is -2.14. The second kappa shape index (κ2) is 10.9. The van der Waals surface area contributed by atoms with E-state index in [2.05, 4.69) is 17.4 Å². The molecule has 2 aromatic heterocycles. The van der Waals surface area contributed by atoms with Gasteiger partial charge in [-0.15, -0.1) is 0 Å². The number of hydrogen-bond donors (Lipinski definition) is 1. The van der Waals surface area contributed by atoms with Gasteiger partial charge in [0.1, 0.15) is 10.7 Å². The SMILES string of the molecule is Cc1nc2c(-c3ccccc3)c(C)nn2c(SCC(=O)Nc2ccccc2[N+](=O)[O-])c1Cc1ccccc1. The van der Waals surface area contributed by atoms with Crippen LogP contribution in [-0.2, 0) is 11.2 Å². The summed E-state index contributed by atoms with van der Waals surface area (Å²) in [5, 5.41) is 19.7. The summed E-state index contributed by atoms with van der Waals surface area (Å²) in [7, 11) is 0. The average molecular weight is 524 g/mol. The van der Waals surface area contributed by atoms with E-state index >= 15 is 0 Å². The van der Waals surface area contributed by atoms with Crippen LogP contribution in [0, 0.1) is 24.0 Å². The monoisotopic (exact) mass is 523 g/mol. The van der Waals surface area contributed by atoms with Crippen molar-refractivity contribution < 1.29 is 9.72 Å². The Morgan fingerprint density at radius 2 is 1.61 bits per heavy atom. The maximum atomic E-state index is 12.9. The van der Waals surface area contributed by atoms with Gasteiger partial charge in [0.05, 0.1) is 16.4 Å². The molecule has 0 saturated heterocycles. The third-order valence-electron chi connectivity index (χ3n) is 6.20. The van der Waals surface area contributed by atoms with Gasteiger partial charge >= 0.3 is 0 Å². The van der Waals surface area contributed by atoms with E-state index in [0.29, 0.717) is 6.42 Å². The van der Waals surface area contributed by atoms with Crippen LogP contribution in [0.15, 0.2) is 90.0 Å². The maximum absolute atomic E-state index is 12.9. The van der Waals surface area contributed by atoms with Crippen LogP contribution in [0.2, 0.25) is 0 Å². The molecule has 5 aromatic rings. The van der Waals surface area contributed by atoms with Crippen LogP contribution in [0.5, 0.6) is 0 Å². The van der Waals surface area contributed by atoms with E-state index in [4.69, 9.17) is 10.1 Å². The molecule has 1 amide bonds. The molecule has 0 spiro atoms. The van der Waals surface area contributed by atoms with Crippen molar-refractivity contribution >= 4 is 34.7 Å². The van der Waals surface area contributed by atoms with Crippen LogP contribution in [0.3, 0.4) is 0 Å². The quantitative estimate of drug-likeness (QED) is 0.112. The van der Waals surface area contributed by atoms with Crippen LogP contribution in [-0.4, -0.2) is 31.2 Å². The van der Waals surface area contributed by atoms with E-state index in [1.807, 2.05) is 66.9 Å². The predicted octanol–water partition coefficient (Wildman–Crippen LogP) is 6.24. The number of para-hydroxylation sites is 2. The number of rotatable bonds is 8. The van der Waals surface area contributed by atoms with Crippen molar-refractivity contribution in [2.45, 2.75) is 25.3 Å². The van der Waals surface area contributed by atoms with E-state index in [9.17, 15) is 14.9 Å². The number of carbonyl (C=O) groups is 1. The highest BCUT2D eigenvalue weighted by Crippen LogP contribution is 2.34. The summed E-state index contributed by atoms with van der Waals surface area (Å²) in [5.74, 6) is -0.295. The average Bonchev–Trinajstić information content (AvgIpc) is 3.25. The van der Waals surface area contributed by atoms with Gasteiger partial charge in [0, 0.05) is 29.3 Å². The number of nitrogens with zero attached hydrogens (tertiary/aromatic N) is 4. The van der Waals surface area contributed by atoms with E-state index < -0.39 is 4.92 Å². The van der Waals surface area contributed by atoms with E-state index in [0.717, 1.165) is 44.3 Å². The highest BCUT2D eigenvalue weighted by molar-refractivity contribution is 8.00. The van der Waals surface area contributed by atoms with E-state index in [1.165, 1.54) is 23.9 Å². The summed E-state index contributed by atoms with van der Waals surface area (Å²) in [6.45, 7) is 3.94.